The van der Waals surface area contributed by atoms with E-state index in [1.165, 1.54) is 6.07 Å². The molecule has 0 unspecified atom stereocenters. The number of ketones is 1. The average Bonchev–Trinajstić information content (AvgIpc) is 2.90. The van der Waals surface area contributed by atoms with Gasteiger partial charge in [-0.2, -0.15) is 0 Å². The summed E-state index contributed by atoms with van der Waals surface area (Å²) in [6.45, 7) is 1.86. The van der Waals surface area contributed by atoms with Gasteiger partial charge in [0, 0.05) is 5.02 Å². The Kier molecular flexibility index (Phi) is 4.59. The fourth-order valence-corrected chi connectivity index (χ4v) is 2.34. The molecule has 0 fully saturated rings. The highest BCUT2D eigenvalue weighted by Gasteiger charge is 2.19. The van der Waals surface area contributed by atoms with E-state index in [-0.39, 0.29) is 10.2 Å². The Morgan fingerprint density at radius 1 is 1.38 bits per heavy atom. The van der Waals surface area contributed by atoms with Crippen molar-refractivity contribution in [3.8, 4) is 0 Å². The van der Waals surface area contributed by atoms with E-state index < -0.39 is 16.6 Å². The van der Waals surface area contributed by atoms with E-state index in [2.05, 4.69) is 15.9 Å². The Morgan fingerprint density at radius 3 is 2.67 bits per heavy atom. The largest absolute Gasteiger partial charge is 0.433 e. The molecule has 0 spiro atoms. The van der Waals surface area contributed by atoms with Gasteiger partial charge in [-0.25, -0.2) is 0 Å². The molecular formula is C14H9BrClNO4. The summed E-state index contributed by atoms with van der Waals surface area (Å²) in [4.78, 5) is 21.9. The Morgan fingerprint density at radius 2 is 2.10 bits per heavy atom. The van der Waals surface area contributed by atoms with Gasteiger partial charge in [0.25, 0.3) is 0 Å². The molecule has 0 saturated carbocycles. The summed E-state index contributed by atoms with van der Waals surface area (Å²) < 4.78 is 5.11. The first-order chi connectivity index (χ1) is 9.88. The molecule has 108 valence electrons. The second kappa shape index (κ2) is 6.24. The minimum absolute atomic E-state index is 0.101. The minimum Gasteiger partial charge on any atom is -0.397 e. The summed E-state index contributed by atoms with van der Waals surface area (Å²) in [6, 6.07) is 7.67. The molecule has 0 aliphatic carbocycles. The number of carbonyl (C=O) groups excluding carboxylic acids is 1. The number of allylic oxidation sites excluding steroid dienone is 1. The molecule has 5 nitrogen and oxygen atoms in total. The van der Waals surface area contributed by atoms with E-state index in [1.54, 1.807) is 24.3 Å². The Bertz CT molecular complexity index is 751. The first kappa shape index (κ1) is 15.5. The normalized spacial score (nSPS) is 11.5. The smallest absolute Gasteiger partial charge is 0.397 e. The highest BCUT2D eigenvalue weighted by atomic mass is 79.9. The van der Waals surface area contributed by atoms with Crippen LogP contribution < -0.4 is 0 Å². The van der Waals surface area contributed by atoms with Crippen LogP contribution in [-0.4, -0.2) is 10.7 Å². The zero-order chi connectivity index (χ0) is 15.6. The van der Waals surface area contributed by atoms with Crippen molar-refractivity contribution in [2.24, 2.45) is 0 Å². The van der Waals surface area contributed by atoms with Crippen LogP contribution in [0, 0.1) is 17.0 Å². The van der Waals surface area contributed by atoms with Crippen molar-refractivity contribution in [2.45, 2.75) is 6.92 Å². The first-order valence-electron chi connectivity index (χ1n) is 5.81. The third kappa shape index (κ3) is 3.59. The number of Topliss-reactive ketones (excluding diaryl/α,β-unsaturated/α-hetero) is 1. The summed E-state index contributed by atoms with van der Waals surface area (Å²) >= 11 is 9.03. The number of rotatable bonds is 4. The Balaban J connectivity index is 2.29. The van der Waals surface area contributed by atoms with Crippen LogP contribution in [0.15, 0.2) is 39.2 Å². The monoisotopic (exact) mass is 369 g/mol. The lowest BCUT2D eigenvalue weighted by Crippen LogP contribution is -1.97. The fourth-order valence-electron chi connectivity index (χ4n) is 1.67. The third-order valence-electron chi connectivity index (χ3n) is 2.73. The number of benzene rings is 1. The maximum absolute atomic E-state index is 12.1. The molecule has 0 bridgehead atoms. The van der Waals surface area contributed by atoms with E-state index in [0.717, 1.165) is 17.2 Å². The topological polar surface area (TPSA) is 73.3 Å². The molecule has 0 aliphatic heterocycles. The number of hydrogen-bond donors (Lipinski definition) is 0. The maximum atomic E-state index is 12.1. The number of nitrogens with zero attached hydrogens (tertiary/aromatic N) is 1. The molecule has 0 atom stereocenters. The van der Waals surface area contributed by atoms with E-state index in [4.69, 9.17) is 16.0 Å². The minimum atomic E-state index is -0.697. The second-order valence-electron chi connectivity index (χ2n) is 4.22. The summed E-state index contributed by atoms with van der Waals surface area (Å²) in [5.41, 5.74) is 1.71. The van der Waals surface area contributed by atoms with Crippen LogP contribution in [0.2, 0.25) is 5.02 Å². The average molecular weight is 371 g/mol. The molecule has 7 heteroatoms. The number of aryl methyl sites for hydroxylation is 1. The van der Waals surface area contributed by atoms with Crippen molar-refractivity contribution in [1.29, 1.82) is 0 Å². The predicted molar refractivity (Wildman–Crippen MR) is 82.8 cm³/mol. The van der Waals surface area contributed by atoms with Gasteiger partial charge in [0.05, 0.1) is 10.5 Å². The molecule has 21 heavy (non-hydrogen) atoms. The van der Waals surface area contributed by atoms with E-state index in [9.17, 15) is 14.9 Å². The van der Waals surface area contributed by atoms with E-state index in [0.29, 0.717) is 5.02 Å². The van der Waals surface area contributed by atoms with Gasteiger partial charge < -0.3 is 4.42 Å². The van der Waals surface area contributed by atoms with Crippen LogP contribution in [0.1, 0.15) is 21.7 Å². The van der Waals surface area contributed by atoms with Crippen molar-refractivity contribution in [2.75, 3.05) is 0 Å². The molecule has 0 radical (unpaired) electrons. The van der Waals surface area contributed by atoms with Crippen molar-refractivity contribution < 1.29 is 14.1 Å². The molecule has 1 aromatic carbocycles. The molecule has 0 N–H and O–H groups in total. The van der Waals surface area contributed by atoms with Gasteiger partial charge in [-0.1, -0.05) is 17.7 Å². The molecule has 1 heterocycles. The molecule has 0 amide bonds. The lowest BCUT2D eigenvalue weighted by atomic mass is 10.1. The summed E-state index contributed by atoms with van der Waals surface area (Å²) in [5.74, 6) is -1.05. The van der Waals surface area contributed by atoms with Crippen LogP contribution >= 0.6 is 27.5 Å². The third-order valence-corrected chi connectivity index (χ3v) is 3.55. The van der Waals surface area contributed by atoms with Gasteiger partial charge in [0.2, 0.25) is 5.78 Å². The predicted octanol–water partition coefficient (Wildman–Crippen LogP) is 4.77. The summed E-state index contributed by atoms with van der Waals surface area (Å²) in [6.07, 6.45) is 1.61. The molecule has 2 rings (SSSR count). The number of hydrogen-bond acceptors (Lipinski definition) is 4. The molecule has 0 aliphatic rings. The number of halogens is 2. The fraction of sp³-hybridized carbons (Fsp3) is 0.0714. The van der Waals surface area contributed by atoms with Crippen molar-refractivity contribution in [3.05, 3.63) is 66.8 Å². The van der Waals surface area contributed by atoms with Gasteiger partial charge in [0.1, 0.15) is 4.92 Å². The molecular weight excluding hydrogens is 362 g/mol. The zero-order valence-electron chi connectivity index (χ0n) is 10.8. The van der Waals surface area contributed by atoms with Gasteiger partial charge in [-0.3, -0.25) is 14.9 Å². The van der Waals surface area contributed by atoms with E-state index >= 15 is 0 Å². The SMILES string of the molecule is Cc1cc(Cl)ccc1/C=C(\Br)C(=O)c1ccc([N+](=O)[O-])o1. The molecule has 2 aromatic rings. The zero-order valence-corrected chi connectivity index (χ0v) is 13.1. The number of carbonyl (C=O) groups is 1. The van der Waals surface area contributed by atoms with Gasteiger partial charge in [-0.05, 0) is 58.3 Å². The first-order valence-corrected chi connectivity index (χ1v) is 6.98. The highest BCUT2D eigenvalue weighted by molar-refractivity contribution is 9.12. The van der Waals surface area contributed by atoms with Crippen LogP contribution in [0.4, 0.5) is 5.88 Å². The van der Waals surface area contributed by atoms with Crippen molar-refractivity contribution in [3.63, 3.8) is 0 Å². The number of furan rings is 1. The summed E-state index contributed by atoms with van der Waals surface area (Å²) in [7, 11) is 0. The van der Waals surface area contributed by atoms with Gasteiger partial charge in [0.15, 0.2) is 5.76 Å². The molecule has 1 aromatic heterocycles. The van der Waals surface area contributed by atoms with Crippen LogP contribution in [0.5, 0.6) is 0 Å². The number of nitro groups is 1. The highest BCUT2D eigenvalue weighted by Crippen LogP contribution is 2.24. The second-order valence-corrected chi connectivity index (χ2v) is 5.51. The van der Waals surface area contributed by atoms with E-state index in [1.807, 2.05) is 6.92 Å². The Labute approximate surface area is 133 Å². The Hall–Kier alpha value is -1.92. The maximum Gasteiger partial charge on any atom is 0.433 e. The van der Waals surface area contributed by atoms with Crippen LogP contribution in [0.3, 0.4) is 0 Å². The summed E-state index contributed by atoms with van der Waals surface area (Å²) in [5, 5.41) is 11.1. The van der Waals surface area contributed by atoms with Gasteiger partial charge in [-0.15, -0.1) is 0 Å². The molecule has 0 saturated heterocycles. The van der Waals surface area contributed by atoms with Crippen molar-refractivity contribution >= 4 is 45.3 Å². The van der Waals surface area contributed by atoms with Gasteiger partial charge >= 0.3 is 5.88 Å². The van der Waals surface area contributed by atoms with Crippen LogP contribution in [0.25, 0.3) is 6.08 Å². The lowest BCUT2D eigenvalue weighted by Gasteiger charge is -2.02. The quantitative estimate of drug-likeness (QED) is 0.336. The van der Waals surface area contributed by atoms with Crippen molar-refractivity contribution in [1.82, 2.24) is 0 Å². The lowest BCUT2D eigenvalue weighted by molar-refractivity contribution is -0.402. The van der Waals surface area contributed by atoms with Crippen LogP contribution in [-0.2, 0) is 0 Å². The standard InChI is InChI=1S/C14H9BrClNO4/c1-8-6-10(16)3-2-9(8)7-11(15)14(18)12-4-5-13(21-12)17(19)20/h2-7H,1H3/b11-7-.